The van der Waals surface area contributed by atoms with E-state index in [0.717, 1.165) is 50.8 Å². The Kier molecular flexibility index (Phi) is 3.82. The number of amides is 1. The van der Waals surface area contributed by atoms with Crippen molar-refractivity contribution in [3.05, 3.63) is 5.82 Å². The highest BCUT2D eigenvalue weighted by Crippen LogP contribution is 2.34. The van der Waals surface area contributed by atoms with Crippen LogP contribution in [0, 0.1) is 11.8 Å². The number of nitrogens with one attached hydrogen (secondary N) is 1. The summed E-state index contributed by atoms with van der Waals surface area (Å²) in [5.74, 6) is 2.05. The number of piperidine rings is 1. The zero-order chi connectivity index (χ0) is 14.9. The van der Waals surface area contributed by atoms with E-state index in [2.05, 4.69) is 25.7 Å². The van der Waals surface area contributed by atoms with Gasteiger partial charge in [0, 0.05) is 13.1 Å². The summed E-state index contributed by atoms with van der Waals surface area (Å²) in [6.07, 6.45) is 7.00. The first-order chi connectivity index (χ1) is 10.8. The second kappa shape index (κ2) is 5.95. The lowest BCUT2D eigenvalue weighted by Gasteiger charge is -2.31. The first-order valence-corrected chi connectivity index (χ1v) is 8.56. The van der Waals surface area contributed by atoms with Crippen LogP contribution in [0.25, 0.3) is 0 Å². The molecule has 1 aromatic rings. The molecule has 1 amide bonds. The molecule has 0 aromatic carbocycles. The number of aromatic nitrogens is 4. The SMILES string of the molecule is O=C(NCC1CC1)[C@@H]1CCCN(Cc2nnnn2C2CC2)C1. The highest BCUT2D eigenvalue weighted by atomic mass is 16.1. The minimum absolute atomic E-state index is 0.123. The van der Waals surface area contributed by atoms with Crippen molar-refractivity contribution in [2.45, 2.75) is 51.1 Å². The molecule has 3 fully saturated rings. The van der Waals surface area contributed by atoms with E-state index < -0.39 is 0 Å². The van der Waals surface area contributed by atoms with E-state index in [9.17, 15) is 4.79 Å². The van der Waals surface area contributed by atoms with E-state index in [-0.39, 0.29) is 11.8 Å². The minimum Gasteiger partial charge on any atom is -0.356 e. The molecular weight excluding hydrogens is 280 g/mol. The molecule has 7 heteroatoms. The van der Waals surface area contributed by atoms with Crippen LogP contribution in [-0.4, -0.2) is 50.6 Å². The smallest absolute Gasteiger partial charge is 0.224 e. The maximum Gasteiger partial charge on any atom is 0.224 e. The van der Waals surface area contributed by atoms with Gasteiger partial charge in [-0.3, -0.25) is 9.69 Å². The van der Waals surface area contributed by atoms with E-state index in [4.69, 9.17) is 0 Å². The number of tetrazole rings is 1. The van der Waals surface area contributed by atoms with Crippen molar-refractivity contribution in [1.29, 1.82) is 0 Å². The molecule has 0 unspecified atom stereocenters. The maximum absolute atomic E-state index is 12.3. The third kappa shape index (κ3) is 3.29. The van der Waals surface area contributed by atoms with Crippen molar-refractivity contribution < 1.29 is 4.79 Å². The van der Waals surface area contributed by atoms with Crippen molar-refractivity contribution in [3.8, 4) is 0 Å². The van der Waals surface area contributed by atoms with Gasteiger partial charge in [-0.25, -0.2) is 4.68 Å². The average Bonchev–Trinajstić information content (AvgIpc) is 3.46. The average molecular weight is 304 g/mol. The van der Waals surface area contributed by atoms with Gasteiger partial charge in [0.15, 0.2) is 5.82 Å². The molecule has 3 aliphatic rings. The quantitative estimate of drug-likeness (QED) is 0.839. The summed E-state index contributed by atoms with van der Waals surface area (Å²) in [5.41, 5.74) is 0. The highest BCUT2D eigenvalue weighted by molar-refractivity contribution is 5.79. The van der Waals surface area contributed by atoms with Crippen LogP contribution >= 0.6 is 0 Å². The van der Waals surface area contributed by atoms with Crippen LogP contribution in [0.2, 0.25) is 0 Å². The standard InChI is InChI=1S/C15H24N6O/c22-15(16-8-11-3-4-11)12-2-1-7-20(9-12)10-14-17-18-19-21(14)13-5-6-13/h11-13H,1-10H2,(H,16,22)/t12-/m1/s1. The number of carbonyl (C=O) groups is 1. The van der Waals surface area contributed by atoms with Crippen LogP contribution < -0.4 is 5.32 Å². The van der Waals surface area contributed by atoms with E-state index in [1.807, 2.05) is 4.68 Å². The Morgan fingerprint density at radius 1 is 1.23 bits per heavy atom. The van der Waals surface area contributed by atoms with Crippen LogP contribution in [0.4, 0.5) is 0 Å². The van der Waals surface area contributed by atoms with Crippen LogP contribution in [0.1, 0.15) is 50.4 Å². The number of carbonyl (C=O) groups excluding carboxylic acids is 1. The Morgan fingerprint density at radius 3 is 2.86 bits per heavy atom. The molecule has 0 bridgehead atoms. The molecule has 1 saturated heterocycles. The molecule has 7 nitrogen and oxygen atoms in total. The summed E-state index contributed by atoms with van der Waals surface area (Å²) in [5, 5.41) is 15.2. The number of hydrogen-bond acceptors (Lipinski definition) is 5. The zero-order valence-corrected chi connectivity index (χ0v) is 12.9. The fraction of sp³-hybridized carbons (Fsp3) is 0.867. The van der Waals surface area contributed by atoms with Crippen molar-refractivity contribution in [3.63, 3.8) is 0 Å². The first-order valence-electron chi connectivity index (χ1n) is 8.56. The molecule has 2 saturated carbocycles. The highest BCUT2D eigenvalue weighted by Gasteiger charge is 2.31. The summed E-state index contributed by atoms with van der Waals surface area (Å²) in [4.78, 5) is 14.6. The predicted octanol–water partition coefficient (Wildman–Crippen LogP) is 0.746. The third-order valence-electron chi connectivity index (χ3n) is 4.96. The molecule has 1 aromatic heterocycles. The molecule has 1 atom stereocenters. The monoisotopic (exact) mass is 304 g/mol. The Labute approximate surface area is 130 Å². The van der Waals surface area contributed by atoms with Gasteiger partial charge in [0.2, 0.25) is 5.91 Å². The number of likely N-dealkylation sites (tertiary alicyclic amines) is 1. The predicted molar refractivity (Wildman–Crippen MR) is 79.8 cm³/mol. The first kappa shape index (κ1) is 14.1. The fourth-order valence-electron chi connectivity index (χ4n) is 3.24. The van der Waals surface area contributed by atoms with E-state index >= 15 is 0 Å². The van der Waals surface area contributed by atoms with Crippen LogP contribution in [0.3, 0.4) is 0 Å². The number of nitrogens with zero attached hydrogens (tertiary/aromatic N) is 5. The van der Waals surface area contributed by atoms with Gasteiger partial charge < -0.3 is 5.32 Å². The molecule has 0 spiro atoms. The minimum atomic E-state index is 0.123. The number of rotatable bonds is 6. The summed E-state index contributed by atoms with van der Waals surface area (Å²) >= 11 is 0. The lowest BCUT2D eigenvalue weighted by molar-refractivity contribution is -0.126. The van der Waals surface area contributed by atoms with Gasteiger partial charge in [0.25, 0.3) is 0 Å². The van der Waals surface area contributed by atoms with Crippen molar-refractivity contribution in [1.82, 2.24) is 30.4 Å². The molecule has 22 heavy (non-hydrogen) atoms. The van der Waals surface area contributed by atoms with Crippen molar-refractivity contribution in [2.75, 3.05) is 19.6 Å². The van der Waals surface area contributed by atoms with E-state index in [1.54, 1.807) is 0 Å². The maximum atomic E-state index is 12.3. The second-order valence-corrected chi connectivity index (χ2v) is 7.03. The summed E-state index contributed by atoms with van der Waals surface area (Å²) in [6.45, 7) is 3.49. The Bertz CT molecular complexity index is 536. The van der Waals surface area contributed by atoms with E-state index in [1.165, 1.54) is 25.7 Å². The zero-order valence-electron chi connectivity index (χ0n) is 12.9. The van der Waals surface area contributed by atoms with Gasteiger partial charge in [-0.2, -0.15) is 0 Å². The molecule has 2 aliphatic carbocycles. The molecule has 120 valence electrons. The van der Waals surface area contributed by atoms with Gasteiger partial charge in [-0.05, 0) is 61.4 Å². The van der Waals surface area contributed by atoms with Crippen LogP contribution in [0.15, 0.2) is 0 Å². The topological polar surface area (TPSA) is 75.9 Å². The molecule has 0 radical (unpaired) electrons. The van der Waals surface area contributed by atoms with Gasteiger partial charge in [-0.1, -0.05) is 0 Å². The summed E-state index contributed by atoms with van der Waals surface area (Å²) in [6, 6.07) is 0.507. The number of hydrogen-bond donors (Lipinski definition) is 1. The Morgan fingerprint density at radius 2 is 2.09 bits per heavy atom. The molecule has 1 N–H and O–H groups in total. The molecular formula is C15H24N6O. The van der Waals surface area contributed by atoms with E-state index in [0.29, 0.717) is 6.04 Å². The summed E-state index contributed by atoms with van der Waals surface area (Å²) < 4.78 is 1.97. The normalized spacial score (nSPS) is 26.1. The largest absolute Gasteiger partial charge is 0.356 e. The Balaban J connectivity index is 1.31. The van der Waals surface area contributed by atoms with Gasteiger partial charge in [0.05, 0.1) is 18.5 Å². The lowest BCUT2D eigenvalue weighted by atomic mass is 9.97. The van der Waals surface area contributed by atoms with Gasteiger partial charge in [0.1, 0.15) is 0 Å². The van der Waals surface area contributed by atoms with Crippen LogP contribution in [0.5, 0.6) is 0 Å². The van der Waals surface area contributed by atoms with Gasteiger partial charge in [-0.15, -0.1) is 5.10 Å². The van der Waals surface area contributed by atoms with Gasteiger partial charge >= 0.3 is 0 Å². The third-order valence-corrected chi connectivity index (χ3v) is 4.96. The lowest BCUT2D eigenvalue weighted by Crippen LogP contribution is -2.43. The fourth-order valence-corrected chi connectivity index (χ4v) is 3.24. The second-order valence-electron chi connectivity index (χ2n) is 7.03. The molecule has 1 aliphatic heterocycles. The van der Waals surface area contributed by atoms with Crippen molar-refractivity contribution in [2.24, 2.45) is 11.8 Å². The van der Waals surface area contributed by atoms with Crippen LogP contribution in [-0.2, 0) is 11.3 Å². The van der Waals surface area contributed by atoms with Crippen molar-refractivity contribution >= 4 is 5.91 Å². The molecule has 4 rings (SSSR count). The molecule has 2 heterocycles. The summed E-state index contributed by atoms with van der Waals surface area (Å²) in [7, 11) is 0. The Hall–Kier alpha value is -1.50.